The molecule has 1 atom stereocenters. The fourth-order valence-electron chi connectivity index (χ4n) is 6.42. The van der Waals surface area contributed by atoms with Crippen molar-refractivity contribution in [1.82, 2.24) is 25.3 Å². The van der Waals surface area contributed by atoms with Gasteiger partial charge in [-0.2, -0.15) is 0 Å². The Morgan fingerprint density at radius 3 is 2.47 bits per heavy atom. The number of rotatable bonds is 13. The number of nitrogens with zero attached hydrogens (tertiary/aromatic N) is 5. The molecule has 11 nitrogen and oxygen atoms in total. The van der Waals surface area contributed by atoms with E-state index >= 15 is 4.39 Å². The summed E-state index contributed by atoms with van der Waals surface area (Å²) in [6, 6.07) is 4.72. The molecular weight excluding hydrogens is 675 g/mol. The monoisotopic (exact) mass is 723 g/mol. The molecule has 1 saturated carbocycles. The van der Waals surface area contributed by atoms with Gasteiger partial charge in [-0.1, -0.05) is 25.0 Å². The number of hydrogen-bond acceptors (Lipinski definition) is 9. The molecule has 0 bridgehead atoms. The minimum Gasteiger partial charge on any atom is -0.497 e. The van der Waals surface area contributed by atoms with Crippen molar-refractivity contribution in [1.29, 1.82) is 0 Å². The third-order valence-corrected chi connectivity index (χ3v) is 10.4. The summed E-state index contributed by atoms with van der Waals surface area (Å²) in [4.78, 5) is 50.2. The first-order valence-corrected chi connectivity index (χ1v) is 17.5. The average Bonchev–Trinajstić information content (AvgIpc) is 3.57. The van der Waals surface area contributed by atoms with Crippen LogP contribution in [-0.4, -0.2) is 71.1 Å². The number of aromatic nitrogens is 2. The molecule has 1 unspecified atom stereocenters. The highest BCUT2D eigenvalue weighted by Gasteiger charge is 2.53. The first-order valence-electron chi connectivity index (χ1n) is 16.9. The van der Waals surface area contributed by atoms with E-state index in [9.17, 15) is 18.9 Å². The van der Waals surface area contributed by atoms with E-state index in [-0.39, 0.29) is 23.2 Å². The Bertz CT molecular complexity index is 1810. The maximum Gasteiger partial charge on any atom is 0.276 e. The number of carbonyl (C=O) groups excluding carboxylic acids is 2. The van der Waals surface area contributed by atoms with Crippen LogP contribution in [0.2, 0.25) is 0 Å². The molecule has 4 rings (SSSR count). The smallest absolute Gasteiger partial charge is 0.276 e. The van der Waals surface area contributed by atoms with Crippen molar-refractivity contribution >= 4 is 26.7 Å². The number of carbonyl (C=O) groups is 2. The second-order valence-corrected chi connectivity index (χ2v) is 14.0. The average molecular weight is 724 g/mol. The molecule has 0 radical (unpaired) electrons. The van der Waals surface area contributed by atoms with E-state index in [1.807, 2.05) is 20.9 Å². The molecule has 1 aliphatic carbocycles. The van der Waals surface area contributed by atoms with Gasteiger partial charge in [-0.15, -0.1) is 14.1 Å². The van der Waals surface area contributed by atoms with Gasteiger partial charge in [0.1, 0.15) is 35.7 Å². The van der Waals surface area contributed by atoms with Crippen molar-refractivity contribution < 1.29 is 23.1 Å². The molecule has 2 aromatic rings. The van der Waals surface area contributed by atoms with Gasteiger partial charge < -0.3 is 15.4 Å². The fourth-order valence-corrected chi connectivity index (χ4v) is 6.61. The number of aryl methyl sites for hydroxylation is 1. The Balaban J connectivity index is 1.83. The molecule has 14 heteroatoms. The van der Waals surface area contributed by atoms with Crippen molar-refractivity contribution in [3.05, 3.63) is 92.1 Å². The van der Waals surface area contributed by atoms with E-state index in [0.717, 1.165) is 18.4 Å². The van der Waals surface area contributed by atoms with Crippen LogP contribution < -0.4 is 10.6 Å². The lowest BCUT2D eigenvalue weighted by molar-refractivity contribution is -0.155. The summed E-state index contributed by atoms with van der Waals surface area (Å²) < 4.78 is 35.6. The fraction of sp³-hybridized carbons (Fsp3) is 0.459. The number of hydrazine groups is 1. The summed E-state index contributed by atoms with van der Waals surface area (Å²) in [5, 5.41) is 12.5. The van der Waals surface area contributed by atoms with Crippen LogP contribution in [0.3, 0.4) is 0 Å². The quantitative estimate of drug-likeness (QED) is 0.0561. The summed E-state index contributed by atoms with van der Waals surface area (Å²) in [6.45, 7) is 10.5. The molecule has 274 valence electrons. The molecule has 1 aromatic carbocycles. The van der Waals surface area contributed by atoms with Crippen molar-refractivity contribution in [3.63, 3.8) is 0 Å². The van der Waals surface area contributed by atoms with E-state index in [4.69, 9.17) is 4.74 Å². The van der Waals surface area contributed by atoms with Gasteiger partial charge in [-0.05, 0) is 102 Å². The highest BCUT2D eigenvalue weighted by atomic mass is 31.0. The largest absolute Gasteiger partial charge is 0.497 e. The normalized spacial score (nSPS) is 17.6. The minimum absolute atomic E-state index is 0.120. The predicted molar refractivity (Wildman–Crippen MR) is 198 cm³/mol. The molecule has 2 aliphatic rings. The van der Waals surface area contributed by atoms with E-state index in [1.165, 1.54) is 32.1 Å². The molecule has 2 amide bonds. The van der Waals surface area contributed by atoms with Gasteiger partial charge in [0.05, 0.1) is 29.2 Å². The topological polar surface area (TPSA) is 129 Å². The Labute approximate surface area is 300 Å². The number of alkyl halides is 1. The van der Waals surface area contributed by atoms with E-state index < -0.39 is 34.4 Å². The van der Waals surface area contributed by atoms with Gasteiger partial charge in [0.25, 0.3) is 11.8 Å². The third kappa shape index (κ3) is 8.48. The number of nitrogens with one attached hydrogen (secondary N) is 2. The van der Waals surface area contributed by atoms with Gasteiger partial charge in [-0.25, -0.2) is 23.8 Å². The molecular formula is C37H48F2N7O4P. The van der Waals surface area contributed by atoms with E-state index in [1.54, 1.807) is 49.3 Å². The molecule has 0 saturated heterocycles. The highest BCUT2D eigenvalue weighted by Crippen LogP contribution is 2.47. The molecule has 2 heterocycles. The summed E-state index contributed by atoms with van der Waals surface area (Å²) in [6.07, 6.45) is 7.18. The zero-order valence-corrected chi connectivity index (χ0v) is 31.8. The number of anilines is 1. The zero-order chi connectivity index (χ0) is 37.7. The SMILES string of the molecule is CNCCO/C(C)=C/C=C(CN1C(=O)C(C(=O)Nc2ccc(C(C)(C)F)cc2-c2ncnc(C)c2C)=C(N=O)C2(CCCC2)N1C)\C(P)=C(/C)F. The lowest BCUT2D eigenvalue weighted by Gasteiger charge is -2.48. The van der Waals surface area contributed by atoms with Crippen LogP contribution in [0.1, 0.15) is 70.2 Å². The van der Waals surface area contributed by atoms with Crippen LogP contribution in [0.25, 0.3) is 11.3 Å². The Morgan fingerprint density at radius 2 is 1.86 bits per heavy atom. The van der Waals surface area contributed by atoms with Gasteiger partial charge >= 0.3 is 0 Å². The number of nitroso groups, excluding NO2 is 1. The number of benzene rings is 1. The number of hydrogen-bond donors (Lipinski definition) is 2. The van der Waals surface area contributed by atoms with Gasteiger partial charge in [0.2, 0.25) is 0 Å². The van der Waals surface area contributed by atoms with Crippen molar-refractivity contribution in [2.24, 2.45) is 5.18 Å². The van der Waals surface area contributed by atoms with Gasteiger partial charge in [-0.3, -0.25) is 14.6 Å². The van der Waals surface area contributed by atoms with Crippen LogP contribution in [0.15, 0.2) is 75.6 Å². The van der Waals surface area contributed by atoms with Crippen LogP contribution in [0, 0.1) is 18.8 Å². The maximum absolute atomic E-state index is 15.2. The van der Waals surface area contributed by atoms with E-state index in [2.05, 4.69) is 35.0 Å². The van der Waals surface area contributed by atoms with Crippen molar-refractivity contribution in [2.75, 3.05) is 39.1 Å². The number of ether oxygens (including phenoxy) is 1. The number of allylic oxidation sites excluding steroid dienone is 4. The Morgan fingerprint density at radius 1 is 1.18 bits per heavy atom. The summed E-state index contributed by atoms with van der Waals surface area (Å²) in [5.74, 6) is -1.51. The zero-order valence-electron chi connectivity index (χ0n) is 30.6. The van der Waals surface area contributed by atoms with Crippen molar-refractivity contribution in [3.8, 4) is 11.3 Å². The van der Waals surface area contributed by atoms with Gasteiger partial charge in [0.15, 0.2) is 0 Å². The lowest BCUT2D eigenvalue weighted by Crippen LogP contribution is -2.62. The number of halogens is 2. The third-order valence-electron chi connectivity index (χ3n) is 9.64. The minimum atomic E-state index is -1.70. The van der Waals surface area contributed by atoms with Crippen molar-refractivity contribution in [2.45, 2.75) is 78.4 Å². The highest BCUT2D eigenvalue weighted by molar-refractivity contribution is 7.23. The summed E-state index contributed by atoms with van der Waals surface area (Å²) in [7, 11) is 5.89. The molecule has 1 aromatic heterocycles. The Hall–Kier alpha value is -4.19. The lowest BCUT2D eigenvalue weighted by atomic mass is 9.86. The molecule has 1 aliphatic heterocycles. The predicted octanol–water partition coefficient (Wildman–Crippen LogP) is 7.07. The van der Waals surface area contributed by atoms with E-state index in [0.29, 0.717) is 59.8 Å². The van der Waals surface area contributed by atoms with Crippen LogP contribution >= 0.6 is 9.24 Å². The number of amides is 2. The Kier molecular flexibility index (Phi) is 12.8. The summed E-state index contributed by atoms with van der Waals surface area (Å²) >= 11 is 0. The standard InChI is InChI=1S/C37H48F2N7O4P/c1-22(50-18-17-40-7)11-12-26(32(51)24(3)38)20-46-35(48)30(33(44-49)37(45(46)8)15-9-10-16-37)34(47)43-29-14-13-27(36(5,6)39)19-28(29)31-23(2)25(4)41-21-42-31/h11-14,19,21,40H,9-10,15-18,20,51H2,1-8H3,(H,43,47)/b22-11+,26-12-,32-24-. The van der Waals surface area contributed by atoms with Crippen LogP contribution in [-0.2, 0) is 20.0 Å². The van der Waals surface area contributed by atoms with Crippen LogP contribution in [0.5, 0.6) is 0 Å². The van der Waals surface area contributed by atoms with Gasteiger partial charge in [0, 0.05) is 30.2 Å². The number of likely N-dealkylation sites (N-methyl/N-ethyl adjacent to an activating group) is 2. The first-order chi connectivity index (χ1) is 24.1. The molecule has 1 fully saturated rings. The molecule has 51 heavy (non-hydrogen) atoms. The molecule has 1 spiro atoms. The second-order valence-electron chi connectivity index (χ2n) is 13.4. The van der Waals surface area contributed by atoms with Crippen LogP contribution in [0.4, 0.5) is 14.5 Å². The maximum atomic E-state index is 15.2. The second kappa shape index (κ2) is 16.4. The first kappa shape index (κ1) is 39.6. The molecule has 2 N–H and O–H groups in total. The summed E-state index contributed by atoms with van der Waals surface area (Å²) in [5.41, 5.74) is 0.0631.